The summed E-state index contributed by atoms with van der Waals surface area (Å²) in [5.74, 6) is 0. The highest BCUT2D eigenvalue weighted by Gasteiger charge is 2.29. The number of methoxy groups -OCH3 is 1. The van der Waals surface area contributed by atoms with Gasteiger partial charge in [-0.15, -0.1) is 0 Å². The van der Waals surface area contributed by atoms with Crippen molar-refractivity contribution in [2.45, 2.75) is 37.8 Å². The third-order valence-corrected chi connectivity index (χ3v) is 2.89. The van der Waals surface area contributed by atoms with Gasteiger partial charge in [-0.1, -0.05) is 11.6 Å². The quantitative estimate of drug-likeness (QED) is 0.629. The van der Waals surface area contributed by atoms with Crippen LogP contribution in [-0.2, 0) is 4.74 Å². The van der Waals surface area contributed by atoms with E-state index in [-0.39, 0.29) is 0 Å². The number of nitrogens with one attached hydrogen (secondary N) is 1. The normalized spacial score (nSPS) is 37.6. The van der Waals surface area contributed by atoms with Crippen molar-refractivity contribution in [3.05, 3.63) is 11.6 Å². The monoisotopic (exact) mass is 167 g/mol. The van der Waals surface area contributed by atoms with Gasteiger partial charge in [-0.2, -0.15) is 0 Å². The van der Waals surface area contributed by atoms with Gasteiger partial charge < -0.3 is 10.1 Å². The Morgan fingerprint density at radius 2 is 2.08 bits per heavy atom. The second kappa shape index (κ2) is 3.58. The summed E-state index contributed by atoms with van der Waals surface area (Å²) in [6.45, 7) is 0.786. The van der Waals surface area contributed by atoms with Gasteiger partial charge in [-0.25, -0.2) is 0 Å². The number of hydrogen-bond acceptors (Lipinski definition) is 2. The van der Waals surface area contributed by atoms with Gasteiger partial charge in [-0.05, 0) is 25.7 Å². The van der Waals surface area contributed by atoms with Gasteiger partial charge in [0.25, 0.3) is 0 Å². The summed E-state index contributed by atoms with van der Waals surface area (Å²) in [5.41, 5.74) is 1.60. The second-order valence-electron chi connectivity index (χ2n) is 3.86. The molecule has 2 bridgehead atoms. The molecule has 0 aromatic carbocycles. The Kier molecular flexibility index (Phi) is 2.47. The molecule has 0 spiro atoms. The number of piperidine rings is 1. The Hall–Kier alpha value is -0.340. The lowest BCUT2D eigenvalue weighted by Crippen LogP contribution is -2.34. The zero-order valence-electron chi connectivity index (χ0n) is 7.68. The fourth-order valence-electron chi connectivity index (χ4n) is 2.31. The first-order valence-corrected chi connectivity index (χ1v) is 4.81. The van der Waals surface area contributed by atoms with Crippen LogP contribution in [0.15, 0.2) is 11.6 Å². The molecule has 0 aromatic rings. The largest absolute Gasteiger partial charge is 0.381 e. The Morgan fingerprint density at radius 1 is 1.42 bits per heavy atom. The zero-order valence-corrected chi connectivity index (χ0v) is 7.68. The molecule has 2 fully saturated rings. The zero-order chi connectivity index (χ0) is 8.39. The molecule has 0 aromatic heterocycles. The molecule has 68 valence electrons. The lowest BCUT2D eigenvalue weighted by molar-refractivity contribution is 0.232. The highest BCUT2D eigenvalue weighted by atomic mass is 16.5. The number of fused-ring (bicyclic) bond motifs is 2. The van der Waals surface area contributed by atoms with Crippen LogP contribution in [0, 0.1) is 0 Å². The van der Waals surface area contributed by atoms with E-state index in [1.807, 2.05) is 0 Å². The van der Waals surface area contributed by atoms with E-state index in [1.54, 1.807) is 12.7 Å². The van der Waals surface area contributed by atoms with Gasteiger partial charge in [0, 0.05) is 19.2 Å². The summed E-state index contributed by atoms with van der Waals surface area (Å²) in [6.07, 6.45) is 7.50. The molecule has 1 unspecified atom stereocenters. The van der Waals surface area contributed by atoms with Crippen LogP contribution in [0.5, 0.6) is 0 Å². The van der Waals surface area contributed by atoms with Crippen LogP contribution in [0.25, 0.3) is 0 Å². The van der Waals surface area contributed by atoms with Crippen LogP contribution in [0.4, 0.5) is 0 Å². The maximum atomic E-state index is 5.04. The Bertz CT molecular complexity index is 174. The number of ether oxygens (including phenoxy) is 1. The molecule has 2 nitrogen and oxygen atoms in total. The van der Waals surface area contributed by atoms with Crippen LogP contribution in [0.1, 0.15) is 25.7 Å². The molecule has 2 rings (SSSR count). The predicted molar refractivity (Wildman–Crippen MR) is 49.1 cm³/mol. The van der Waals surface area contributed by atoms with E-state index in [2.05, 4.69) is 11.4 Å². The van der Waals surface area contributed by atoms with Crippen molar-refractivity contribution < 1.29 is 4.74 Å². The topological polar surface area (TPSA) is 21.3 Å². The van der Waals surface area contributed by atoms with Crippen LogP contribution >= 0.6 is 0 Å². The summed E-state index contributed by atoms with van der Waals surface area (Å²) in [7, 11) is 1.76. The molecule has 0 radical (unpaired) electrons. The highest BCUT2D eigenvalue weighted by molar-refractivity contribution is 5.13. The van der Waals surface area contributed by atoms with E-state index in [1.165, 1.54) is 25.7 Å². The summed E-state index contributed by atoms with van der Waals surface area (Å²) >= 11 is 0. The van der Waals surface area contributed by atoms with Gasteiger partial charge in [-0.3, -0.25) is 0 Å². The standard InChI is InChI=1S/C10H17NO/c1-12-5-4-8-6-9-2-3-10(7-8)11-9/h4,9-11H,2-3,5-7H2,1H3/b8-4-/t9-,10?/m0/s1. The fraction of sp³-hybridized carbons (Fsp3) is 0.800. The number of rotatable bonds is 2. The molecule has 0 amide bonds. The Labute approximate surface area is 74.0 Å². The molecule has 1 N–H and O–H groups in total. The SMILES string of the molecule is COC/C=C1\CC2CC[C@@H](C1)N2. The lowest BCUT2D eigenvalue weighted by Gasteiger charge is -2.23. The highest BCUT2D eigenvalue weighted by Crippen LogP contribution is 2.29. The van der Waals surface area contributed by atoms with Crippen molar-refractivity contribution in [3.8, 4) is 0 Å². The molecule has 2 heteroatoms. The van der Waals surface area contributed by atoms with E-state index in [9.17, 15) is 0 Å². The smallest absolute Gasteiger partial charge is 0.0646 e. The molecule has 2 aliphatic heterocycles. The second-order valence-corrected chi connectivity index (χ2v) is 3.86. The molecule has 0 aliphatic carbocycles. The molecule has 2 atom stereocenters. The van der Waals surface area contributed by atoms with Gasteiger partial charge >= 0.3 is 0 Å². The van der Waals surface area contributed by atoms with Gasteiger partial charge in [0.05, 0.1) is 6.61 Å². The van der Waals surface area contributed by atoms with Crippen LogP contribution in [0.2, 0.25) is 0 Å². The average molecular weight is 167 g/mol. The van der Waals surface area contributed by atoms with Crippen LogP contribution in [0.3, 0.4) is 0 Å². The molecule has 2 aliphatic rings. The Morgan fingerprint density at radius 3 is 2.67 bits per heavy atom. The molecular weight excluding hydrogens is 150 g/mol. The third kappa shape index (κ3) is 1.70. The first-order chi connectivity index (χ1) is 5.88. The van der Waals surface area contributed by atoms with Crippen molar-refractivity contribution in [2.24, 2.45) is 0 Å². The van der Waals surface area contributed by atoms with E-state index >= 15 is 0 Å². The third-order valence-electron chi connectivity index (χ3n) is 2.89. The Balaban J connectivity index is 1.93. The molecule has 2 saturated heterocycles. The molecule has 0 saturated carbocycles. The van der Waals surface area contributed by atoms with E-state index in [0.717, 1.165) is 18.7 Å². The average Bonchev–Trinajstić information content (AvgIpc) is 2.42. The van der Waals surface area contributed by atoms with Crippen molar-refractivity contribution in [1.82, 2.24) is 5.32 Å². The first kappa shape index (κ1) is 8.27. The van der Waals surface area contributed by atoms with Crippen LogP contribution in [-0.4, -0.2) is 25.8 Å². The summed E-state index contributed by atoms with van der Waals surface area (Å²) in [6, 6.07) is 1.54. The number of hydrogen-bond donors (Lipinski definition) is 1. The van der Waals surface area contributed by atoms with Crippen molar-refractivity contribution >= 4 is 0 Å². The molecule has 2 heterocycles. The minimum absolute atomic E-state index is 0.770. The van der Waals surface area contributed by atoms with Crippen molar-refractivity contribution in [1.29, 1.82) is 0 Å². The van der Waals surface area contributed by atoms with Gasteiger partial charge in [0.1, 0.15) is 0 Å². The molecular formula is C10H17NO. The van der Waals surface area contributed by atoms with Crippen molar-refractivity contribution in [3.63, 3.8) is 0 Å². The summed E-state index contributed by atoms with van der Waals surface area (Å²) in [5, 5.41) is 3.62. The van der Waals surface area contributed by atoms with E-state index in [4.69, 9.17) is 4.74 Å². The van der Waals surface area contributed by atoms with E-state index < -0.39 is 0 Å². The maximum absolute atomic E-state index is 5.04. The minimum atomic E-state index is 0.770. The van der Waals surface area contributed by atoms with Gasteiger partial charge in [0.15, 0.2) is 0 Å². The predicted octanol–water partition coefficient (Wildman–Crippen LogP) is 1.47. The maximum Gasteiger partial charge on any atom is 0.0646 e. The fourth-order valence-corrected chi connectivity index (χ4v) is 2.31. The summed E-state index contributed by atoms with van der Waals surface area (Å²) < 4.78 is 5.04. The van der Waals surface area contributed by atoms with E-state index in [0.29, 0.717) is 0 Å². The van der Waals surface area contributed by atoms with Gasteiger partial charge in [0.2, 0.25) is 0 Å². The first-order valence-electron chi connectivity index (χ1n) is 4.81. The van der Waals surface area contributed by atoms with Crippen LogP contribution < -0.4 is 5.32 Å². The minimum Gasteiger partial charge on any atom is -0.381 e. The van der Waals surface area contributed by atoms with Crippen molar-refractivity contribution in [2.75, 3.05) is 13.7 Å². The summed E-state index contributed by atoms with van der Waals surface area (Å²) in [4.78, 5) is 0. The lowest BCUT2D eigenvalue weighted by atomic mass is 9.99. The molecule has 12 heavy (non-hydrogen) atoms.